The van der Waals surface area contributed by atoms with Crippen molar-refractivity contribution in [2.24, 2.45) is 11.3 Å². The molecule has 0 bridgehead atoms. The van der Waals surface area contributed by atoms with Crippen molar-refractivity contribution in [2.45, 2.75) is 32.2 Å². The van der Waals surface area contributed by atoms with E-state index in [4.69, 9.17) is 0 Å². The van der Waals surface area contributed by atoms with Crippen LogP contribution in [0, 0.1) is 11.3 Å². The first-order valence-corrected chi connectivity index (χ1v) is 11.1. The number of nitrogens with one attached hydrogen (secondary N) is 1. The lowest BCUT2D eigenvalue weighted by Crippen LogP contribution is -2.52. The highest BCUT2D eigenvalue weighted by atomic mass is 32.1. The second-order valence-corrected chi connectivity index (χ2v) is 9.58. The molecule has 3 heterocycles. The zero-order valence-corrected chi connectivity index (χ0v) is 18.4. The van der Waals surface area contributed by atoms with E-state index in [1.54, 1.807) is 18.1 Å². The van der Waals surface area contributed by atoms with Crippen molar-refractivity contribution in [1.82, 2.24) is 20.5 Å². The standard InChI is InChI=1S/C23H23N5O2S/c1-13-17-15-10-7-11-24-19(15)28(3)22(30)18(23(13,17)2)25-20(29)21-27-26-16(31-21)12-14-8-5-4-6-9-14/h4-11,13,17-18H,12H2,1-3H3,(H,25,29)/t13-,17-,18+,23+/m0/s1. The molecule has 1 aliphatic heterocycles. The Morgan fingerprint density at radius 3 is 2.74 bits per heavy atom. The molecule has 0 unspecified atom stereocenters. The van der Waals surface area contributed by atoms with Gasteiger partial charge in [0.25, 0.3) is 11.8 Å². The molecule has 0 saturated heterocycles. The summed E-state index contributed by atoms with van der Waals surface area (Å²) in [5.74, 6) is 0.573. The minimum atomic E-state index is -0.652. The molecule has 158 valence electrons. The number of carbonyl (C=O) groups is 2. The van der Waals surface area contributed by atoms with Gasteiger partial charge >= 0.3 is 0 Å². The Hall–Kier alpha value is -3.13. The van der Waals surface area contributed by atoms with Crippen LogP contribution < -0.4 is 10.2 Å². The van der Waals surface area contributed by atoms with Gasteiger partial charge in [-0.25, -0.2) is 4.98 Å². The van der Waals surface area contributed by atoms with Crippen LogP contribution in [0.15, 0.2) is 48.7 Å². The highest BCUT2D eigenvalue weighted by Gasteiger charge is 2.67. The fraction of sp³-hybridized carbons (Fsp3) is 0.348. The molecule has 1 aromatic carbocycles. The minimum absolute atomic E-state index is 0.156. The number of aromatic nitrogens is 3. The highest BCUT2D eigenvalue weighted by Crippen LogP contribution is 2.68. The summed E-state index contributed by atoms with van der Waals surface area (Å²) in [4.78, 5) is 32.4. The third-order valence-electron chi connectivity index (χ3n) is 6.85. The van der Waals surface area contributed by atoms with E-state index in [0.29, 0.717) is 12.2 Å². The summed E-state index contributed by atoms with van der Waals surface area (Å²) < 4.78 is 0. The molecular formula is C23H23N5O2S. The van der Waals surface area contributed by atoms with Gasteiger partial charge in [0.2, 0.25) is 5.01 Å². The summed E-state index contributed by atoms with van der Waals surface area (Å²) in [6, 6.07) is 13.2. The summed E-state index contributed by atoms with van der Waals surface area (Å²) in [6.07, 6.45) is 2.32. The largest absolute Gasteiger partial charge is 0.338 e. The molecule has 8 heteroatoms. The maximum atomic E-state index is 13.3. The first kappa shape index (κ1) is 19.8. The van der Waals surface area contributed by atoms with Crippen LogP contribution in [-0.4, -0.2) is 40.1 Å². The molecule has 0 radical (unpaired) electrons. The third-order valence-corrected chi connectivity index (χ3v) is 7.77. The van der Waals surface area contributed by atoms with Gasteiger partial charge in [-0.05, 0) is 29.0 Å². The first-order chi connectivity index (χ1) is 14.9. The molecule has 31 heavy (non-hydrogen) atoms. The van der Waals surface area contributed by atoms with Crippen LogP contribution in [0.1, 0.15) is 45.7 Å². The van der Waals surface area contributed by atoms with Gasteiger partial charge in [0.1, 0.15) is 16.9 Å². The lowest BCUT2D eigenvalue weighted by molar-refractivity contribution is -0.121. The molecule has 7 nitrogen and oxygen atoms in total. The molecule has 1 aliphatic carbocycles. The smallest absolute Gasteiger partial charge is 0.282 e. The molecule has 2 aliphatic rings. The van der Waals surface area contributed by atoms with E-state index in [0.717, 1.165) is 16.1 Å². The molecule has 3 aromatic rings. The van der Waals surface area contributed by atoms with E-state index >= 15 is 0 Å². The van der Waals surface area contributed by atoms with Crippen molar-refractivity contribution in [3.05, 3.63) is 69.8 Å². The molecule has 4 atom stereocenters. The Morgan fingerprint density at radius 1 is 1.19 bits per heavy atom. The number of carbonyl (C=O) groups excluding carboxylic acids is 2. The molecule has 1 saturated carbocycles. The van der Waals surface area contributed by atoms with Crippen molar-refractivity contribution < 1.29 is 9.59 Å². The van der Waals surface area contributed by atoms with Crippen molar-refractivity contribution >= 4 is 29.0 Å². The number of anilines is 1. The maximum Gasteiger partial charge on any atom is 0.282 e. The molecule has 0 spiro atoms. The average molecular weight is 434 g/mol. The summed E-state index contributed by atoms with van der Waals surface area (Å²) >= 11 is 1.26. The van der Waals surface area contributed by atoms with Crippen molar-refractivity contribution in [3.8, 4) is 0 Å². The van der Waals surface area contributed by atoms with Gasteiger partial charge < -0.3 is 5.32 Å². The van der Waals surface area contributed by atoms with Gasteiger partial charge in [0.05, 0.1) is 0 Å². The molecule has 1 N–H and O–H groups in total. The minimum Gasteiger partial charge on any atom is -0.338 e. The van der Waals surface area contributed by atoms with Crippen molar-refractivity contribution in [1.29, 1.82) is 0 Å². The van der Waals surface area contributed by atoms with Crippen molar-refractivity contribution in [3.63, 3.8) is 0 Å². The van der Waals surface area contributed by atoms with Gasteiger partial charge in [-0.1, -0.05) is 61.6 Å². The SMILES string of the molecule is C[C@H]1[C@H]2c3cccnc3N(C)C(=O)[C@@H](NC(=O)c3nnc(Cc4ccccc4)s3)[C@@]21C. The normalized spacial score (nSPS) is 26.6. The van der Waals surface area contributed by atoms with Gasteiger partial charge in [0.15, 0.2) is 0 Å². The highest BCUT2D eigenvalue weighted by molar-refractivity contribution is 7.13. The van der Waals surface area contributed by atoms with Gasteiger partial charge in [-0.15, -0.1) is 10.2 Å². The number of hydrogen-bond acceptors (Lipinski definition) is 6. The molecule has 1 fully saturated rings. The Kier molecular flexibility index (Phi) is 4.62. The number of hydrogen-bond donors (Lipinski definition) is 1. The Morgan fingerprint density at radius 2 is 1.97 bits per heavy atom. The van der Waals surface area contributed by atoms with Gasteiger partial charge in [-0.2, -0.15) is 0 Å². The average Bonchev–Trinajstić information content (AvgIpc) is 3.11. The number of rotatable bonds is 4. The second-order valence-electron chi connectivity index (χ2n) is 8.52. The van der Waals surface area contributed by atoms with Crippen LogP contribution in [0.4, 0.5) is 5.82 Å². The Balaban J connectivity index is 1.39. The monoisotopic (exact) mass is 433 g/mol. The first-order valence-electron chi connectivity index (χ1n) is 10.3. The quantitative estimate of drug-likeness (QED) is 0.683. The lowest BCUT2D eigenvalue weighted by atomic mass is 9.92. The molecule has 2 amide bonds. The number of fused-ring (bicyclic) bond motifs is 3. The molecule has 2 aromatic heterocycles. The number of nitrogens with zero attached hydrogens (tertiary/aromatic N) is 4. The van der Waals surface area contributed by atoms with E-state index in [1.165, 1.54) is 11.3 Å². The Bertz CT molecular complexity index is 1160. The number of pyridine rings is 1. The number of amides is 2. The summed E-state index contributed by atoms with van der Waals surface area (Å²) in [6.45, 7) is 4.20. The fourth-order valence-electron chi connectivity index (χ4n) is 4.89. The summed E-state index contributed by atoms with van der Waals surface area (Å²) in [7, 11) is 1.72. The molecule has 5 rings (SSSR count). The van der Waals surface area contributed by atoms with E-state index in [1.807, 2.05) is 42.5 Å². The van der Waals surface area contributed by atoms with Crippen LogP contribution >= 0.6 is 11.3 Å². The van der Waals surface area contributed by atoms with E-state index in [-0.39, 0.29) is 34.1 Å². The maximum absolute atomic E-state index is 13.3. The van der Waals surface area contributed by atoms with Crippen LogP contribution in [-0.2, 0) is 11.2 Å². The Labute approximate surface area is 184 Å². The van der Waals surface area contributed by atoms with E-state index in [2.05, 4.69) is 34.3 Å². The number of likely N-dealkylation sites (N-methyl/N-ethyl adjacent to an activating group) is 1. The number of benzene rings is 1. The van der Waals surface area contributed by atoms with Gasteiger partial charge in [0, 0.05) is 25.1 Å². The summed E-state index contributed by atoms with van der Waals surface area (Å²) in [5.41, 5.74) is 1.80. The fourth-order valence-corrected chi connectivity index (χ4v) is 5.67. The van der Waals surface area contributed by atoms with Gasteiger partial charge in [-0.3, -0.25) is 14.5 Å². The predicted octanol–water partition coefficient (Wildman–Crippen LogP) is 3.04. The third kappa shape index (κ3) is 3.13. The topological polar surface area (TPSA) is 88.1 Å². The zero-order valence-electron chi connectivity index (χ0n) is 17.6. The van der Waals surface area contributed by atoms with Crippen LogP contribution in [0.5, 0.6) is 0 Å². The lowest BCUT2D eigenvalue weighted by Gasteiger charge is -2.27. The van der Waals surface area contributed by atoms with E-state index < -0.39 is 6.04 Å². The van der Waals surface area contributed by atoms with Crippen molar-refractivity contribution in [2.75, 3.05) is 11.9 Å². The second kappa shape index (κ2) is 7.23. The molecular weight excluding hydrogens is 410 g/mol. The van der Waals surface area contributed by atoms with Crippen LogP contribution in [0.25, 0.3) is 0 Å². The van der Waals surface area contributed by atoms with Crippen LogP contribution in [0.2, 0.25) is 0 Å². The summed E-state index contributed by atoms with van der Waals surface area (Å²) in [5, 5.41) is 12.3. The van der Waals surface area contributed by atoms with Crippen LogP contribution in [0.3, 0.4) is 0 Å². The van der Waals surface area contributed by atoms with E-state index in [9.17, 15) is 9.59 Å². The zero-order chi connectivity index (χ0) is 21.8. The predicted molar refractivity (Wildman–Crippen MR) is 118 cm³/mol.